The molecule has 3 nitrogen and oxygen atoms in total. The van der Waals surface area contributed by atoms with Gasteiger partial charge in [0.05, 0.1) is 11.6 Å². The molecule has 0 amide bonds. The Morgan fingerprint density at radius 3 is 2.88 bits per heavy atom. The van der Waals surface area contributed by atoms with Crippen molar-refractivity contribution in [3.8, 4) is 18.4 Å². The lowest BCUT2D eigenvalue weighted by Crippen LogP contribution is -2.15. The van der Waals surface area contributed by atoms with Crippen LogP contribution in [0.5, 0.6) is 0 Å². The zero-order chi connectivity index (χ0) is 12.0. The number of terminal acetylenes is 1. The van der Waals surface area contributed by atoms with Crippen molar-refractivity contribution in [2.24, 2.45) is 0 Å². The Morgan fingerprint density at radius 1 is 1.56 bits per heavy atom. The summed E-state index contributed by atoms with van der Waals surface area (Å²) in [7, 11) is 0. The molecule has 0 saturated carbocycles. The van der Waals surface area contributed by atoms with Crippen molar-refractivity contribution in [3.63, 3.8) is 0 Å². The summed E-state index contributed by atoms with van der Waals surface area (Å²) in [6.07, 6.45) is 4.33. The van der Waals surface area contributed by atoms with Gasteiger partial charge in [-0.1, -0.05) is 12.1 Å². The molecule has 78 valence electrons. The van der Waals surface area contributed by atoms with Gasteiger partial charge in [-0.15, -0.1) is 12.3 Å². The van der Waals surface area contributed by atoms with Gasteiger partial charge in [0.15, 0.2) is 0 Å². The van der Waals surface area contributed by atoms with E-state index in [0.29, 0.717) is 11.1 Å². The van der Waals surface area contributed by atoms with Crippen LogP contribution in [0.3, 0.4) is 0 Å². The van der Waals surface area contributed by atoms with E-state index < -0.39 is 12.1 Å². The predicted molar refractivity (Wildman–Crippen MR) is 60.0 cm³/mol. The van der Waals surface area contributed by atoms with Gasteiger partial charge in [-0.3, -0.25) is 0 Å². The van der Waals surface area contributed by atoms with E-state index >= 15 is 0 Å². The maximum absolute atomic E-state index is 9.69. The van der Waals surface area contributed by atoms with Crippen LogP contribution in [0.4, 0.5) is 0 Å². The highest BCUT2D eigenvalue weighted by Gasteiger charge is 2.25. The first kappa shape index (κ1) is 11.8. The van der Waals surface area contributed by atoms with Crippen molar-refractivity contribution < 1.29 is 5.11 Å². The molecule has 0 fully saturated rings. The number of hydrogen-bond donors (Lipinski definition) is 1. The summed E-state index contributed by atoms with van der Waals surface area (Å²) in [5.74, 6) is 2.32. The fraction of sp³-hybridized carbons (Fsp3) is 0.231. The van der Waals surface area contributed by atoms with Gasteiger partial charge in [0.2, 0.25) is 0 Å². The van der Waals surface area contributed by atoms with Crippen LogP contribution in [0.25, 0.3) is 4.85 Å². The van der Waals surface area contributed by atoms with E-state index in [9.17, 15) is 5.11 Å². The van der Waals surface area contributed by atoms with Gasteiger partial charge in [0.1, 0.15) is 6.10 Å². The van der Waals surface area contributed by atoms with Gasteiger partial charge in [-0.05, 0) is 12.1 Å². The van der Waals surface area contributed by atoms with Gasteiger partial charge >= 0.3 is 0 Å². The number of nitriles is 1. The van der Waals surface area contributed by atoms with Crippen LogP contribution >= 0.6 is 0 Å². The summed E-state index contributed by atoms with van der Waals surface area (Å²) in [5.41, 5.74) is 1.09. The molecule has 0 aliphatic carbocycles. The van der Waals surface area contributed by atoms with E-state index in [1.807, 2.05) is 6.07 Å². The Bertz CT molecular complexity index is 488. The largest absolute Gasteiger partial charge is 0.384 e. The Hall–Kier alpha value is -2.28. The van der Waals surface area contributed by atoms with Gasteiger partial charge in [-0.25, -0.2) is 6.57 Å². The number of hydrogen-bond acceptors (Lipinski definition) is 2. The maximum Gasteiger partial charge on any atom is 0.275 e. The van der Waals surface area contributed by atoms with Crippen LogP contribution in [0, 0.1) is 30.2 Å². The number of nitrogens with zero attached hydrogens (tertiary/aromatic N) is 2. The van der Waals surface area contributed by atoms with Crippen molar-refractivity contribution in [3.05, 3.63) is 46.8 Å². The number of aliphatic hydroxyl groups is 1. The van der Waals surface area contributed by atoms with Crippen molar-refractivity contribution in [2.45, 2.75) is 18.6 Å². The van der Waals surface area contributed by atoms with Crippen LogP contribution in [0.15, 0.2) is 24.3 Å². The van der Waals surface area contributed by atoms with Crippen molar-refractivity contribution in [1.29, 1.82) is 5.26 Å². The van der Waals surface area contributed by atoms with Gasteiger partial charge in [0, 0.05) is 12.0 Å². The molecular weight excluding hydrogens is 200 g/mol. The fourth-order valence-electron chi connectivity index (χ4n) is 1.41. The zero-order valence-electron chi connectivity index (χ0n) is 8.59. The van der Waals surface area contributed by atoms with Crippen LogP contribution in [0.2, 0.25) is 0 Å². The average Bonchev–Trinajstić information content (AvgIpc) is 2.31. The first-order valence-corrected chi connectivity index (χ1v) is 4.71. The number of rotatable bonds is 3. The van der Waals surface area contributed by atoms with Gasteiger partial charge in [0.25, 0.3) is 6.04 Å². The Kier molecular flexibility index (Phi) is 4.10. The molecule has 2 atom stereocenters. The van der Waals surface area contributed by atoms with E-state index in [2.05, 4.69) is 10.8 Å². The molecule has 1 rings (SSSR count). The summed E-state index contributed by atoms with van der Waals surface area (Å²) in [4.78, 5) is 3.35. The van der Waals surface area contributed by atoms with E-state index in [4.69, 9.17) is 18.3 Å². The molecule has 0 aromatic heterocycles. The third-order valence-electron chi connectivity index (χ3n) is 2.19. The minimum Gasteiger partial charge on any atom is -0.384 e. The van der Waals surface area contributed by atoms with Crippen LogP contribution in [-0.2, 0) is 0 Å². The molecule has 0 saturated heterocycles. The monoisotopic (exact) mass is 210 g/mol. The molecule has 0 bridgehead atoms. The molecule has 1 aromatic carbocycles. The number of aliphatic hydroxyl groups excluding tert-OH is 1. The van der Waals surface area contributed by atoms with E-state index in [1.54, 1.807) is 24.3 Å². The Balaban J connectivity index is 3.02. The van der Waals surface area contributed by atoms with Crippen molar-refractivity contribution >= 4 is 0 Å². The lowest BCUT2D eigenvalue weighted by molar-refractivity contribution is 0.164. The minimum atomic E-state index is -0.892. The van der Waals surface area contributed by atoms with Crippen LogP contribution in [0.1, 0.15) is 23.6 Å². The predicted octanol–water partition coefficient (Wildman–Crippen LogP) is 1.90. The molecule has 0 aliphatic heterocycles. The van der Waals surface area contributed by atoms with Crippen LogP contribution in [-0.4, -0.2) is 11.2 Å². The summed E-state index contributed by atoms with van der Waals surface area (Å²) in [6, 6.07) is 7.94. The third kappa shape index (κ3) is 2.61. The smallest absolute Gasteiger partial charge is 0.275 e. The first-order chi connectivity index (χ1) is 7.72. The van der Waals surface area contributed by atoms with Gasteiger partial charge < -0.3 is 9.95 Å². The fourth-order valence-corrected chi connectivity index (χ4v) is 1.41. The highest BCUT2D eigenvalue weighted by Crippen LogP contribution is 2.23. The normalized spacial score (nSPS) is 12.9. The minimum absolute atomic E-state index is 0.129. The molecule has 0 spiro atoms. The molecule has 0 heterocycles. The standard InChI is InChI=1S/C13H10N2O/c1-3-5-12(16)13(15-2)11-7-4-6-10(8-11)9-14/h1,4,6-8,12-13,16H,5H2. The Labute approximate surface area is 94.8 Å². The summed E-state index contributed by atoms with van der Waals surface area (Å²) >= 11 is 0. The topological polar surface area (TPSA) is 48.4 Å². The Morgan fingerprint density at radius 2 is 2.31 bits per heavy atom. The lowest BCUT2D eigenvalue weighted by atomic mass is 9.98. The number of benzene rings is 1. The maximum atomic E-state index is 9.69. The quantitative estimate of drug-likeness (QED) is 0.612. The molecule has 0 radical (unpaired) electrons. The summed E-state index contributed by atoms with van der Waals surface area (Å²) in [5, 5.41) is 18.4. The van der Waals surface area contributed by atoms with E-state index in [0.717, 1.165) is 0 Å². The molecule has 2 unspecified atom stereocenters. The molecular formula is C13H10N2O. The summed E-state index contributed by atoms with van der Waals surface area (Å²) in [6.45, 7) is 7.05. The SMILES string of the molecule is [C-]#[N+]C(c1cccc(C#N)c1)C(O)CC#C. The van der Waals surface area contributed by atoms with Crippen molar-refractivity contribution in [1.82, 2.24) is 0 Å². The molecule has 16 heavy (non-hydrogen) atoms. The molecule has 1 aromatic rings. The van der Waals surface area contributed by atoms with Crippen LogP contribution < -0.4 is 0 Å². The molecule has 0 aliphatic rings. The highest BCUT2D eigenvalue weighted by molar-refractivity contribution is 5.35. The molecule has 1 N–H and O–H groups in total. The van der Waals surface area contributed by atoms with E-state index in [-0.39, 0.29) is 6.42 Å². The second kappa shape index (κ2) is 5.56. The zero-order valence-corrected chi connectivity index (χ0v) is 8.59. The lowest BCUT2D eigenvalue weighted by Gasteiger charge is -2.10. The van der Waals surface area contributed by atoms with Crippen molar-refractivity contribution in [2.75, 3.05) is 0 Å². The van der Waals surface area contributed by atoms with Gasteiger partial charge in [-0.2, -0.15) is 5.26 Å². The second-order valence-corrected chi connectivity index (χ2v) is 3.29. The summed E-state index contributed by atoms with van der Waals surface area (Å²) < 4.78 is 0. The second-order valence-electron chi connectivity index (χ2n) is 3.29. The first-order valence-electron chi connectivity index (χ1n) is 4.71. The third-order valence-corrected chi connectivity index (χ3v) is 2.19. The molecule has 3 heteroatoms. The highest BCUT2D eigenvalue weighted by atomic mass is 16.3. The van der Waals surface area contributed by atoms with E-state index in [1.165, 1.54) is 0 Å². The average molecular weight is 210 g/mol.